The standard InChI is InChI=1S/C12H18N2O3/c15-6-8-9-10(8)12(17)14(11(9)16)5-7-1-3-13-4-2-7/h7-10,13,15H,1-6H2. The van der Waals surface area contributed by atoms with Gasteiger partial charge in [-0.2, -0.15) is 0 Å². The van der Waals surface area contributed by atoms with E-state index in [2.05, 4.69) is 5.32 Å². The van der Waals surface area contributed by atoms with E-state index in [9.17, 15) is 9.59 Å². The monoisotopic (exact) mass is 238 g/mol. The SMILES string of the molecule is O=C1C2C(CO)C2C(=O)N1CC1CCNCC1. The summed E-state index contributed by atoms with van der Waals surface area (Å²) in [6.07, 6.45) is 2.08. The van der Waals surface area contributed by atoms with E-state index < -0.39 is 0 Å². The second-order valence-electron chi connectivity index (χ2n) is 5.38. The molecule has 0 radical (unpaired) electrons. The molecular weight excluding hydrogens is 220 g/mol. The molecule has 2 aliphatic heterocycles. The number of fused-ring (bicyclic) bond motifs is 1. The van der Waals surface area contributed by atoms with E-state index in [0.29, 0.717) is 12.5 Å². The van der Waals surface area contributed by atoms with Gasteiger partial charge in [-0.3, -0.25) is 14.5 Å². The molecular formula is C12H18N2O3. The molecule has 2 heterocycles. The summed E-state index contributed by atoms with van der Waals surface area (Å²) in [6.45, 7) is 2.51. The number of likely N-dealkylation sites (tertiary alicyclic amines) is 1. The molecule has 2 saturated heterocycles. The van der Waals surface area contributed by atoms with E-state index in [1.54, 1.807) is 0 Å². The third-order valence-corrected chi connectivity index (χ3v) is 4.38. The van der Waals surface area contributed by atoms with Gasteiger partial charge in [-0.05, 0) is 31.8 Å². The average molecular weight is 238 g/mol. The molecule has 5 heteroatoms. The fourth-order valence-electron chi connectivity index (χ4n) is 3.25. The van der Waals surface area contributed by atoms with Crippen molar-refractivity contribution in [1.29, 1.82) is 0 Å². The van der Waals surface area contributed by atoms with Crippen LogP contribution in [0.1, 0.15) is 12.8 Å². The second-order valence-corrected chi connectivity index (χ2v) is 5.38. The quantitative estimate of drug-likeness (QED) is 0.632. The number of aliphatic hydroxyl groups excluding tert-OH is 1. The fourth-order valence-corrected chi connectivity index (χ4v) is 3.25. The first-order valence-electron chi connectivity index (χ1n) is 6.41. The summed E-state index contributed by atoms with van der Waals surface area (Å²) in [5, 5.41) is 12.3. The van der Waals surface area contributed by atoms with E-state index in [-0.39, 0.29) is 36.2 Å². The maximum Gasteiger partial charge on any atom is 0.233 e. The number of hydrogen-bond donors (Lipinski definition) is 2. The van der Waals surface area contributed by atoms with Crippen LogP contribution >= 0.6 is 0 Å². The number of carbonyl (C=O) groups excluding carboxylic acids is 2. The van der Waals surface area contributed by atoms with Crippen LogP contribution < -0.4 is 5.32 Å². The second kappa shape index (κ2) is 4.07. The summed E-state index contributed by atoms with van der Waals surface area (Å²) < 4.78 is 0. The van der Waals surface area contributed by atoms with Gasteiger partial charge in [-0.15, -0.1) is 0 Å². The Balaban J connectivity index is 1.62. The summed E-state index contributed by atoms with van der Waals surface area (Å²) >= 11 is 0. The Bertz CT molecular complexity index is 330. The highest BCUT2D eigenvalue weighted by atomic mass is 16.3. The lowest BCUT2D eigenvalue weighted by atomic mass is 9.97. The van der Waals surface area contributed by atoms with Crippen LogP contribution in [-0.4, -0.2) is 48.1 Å². The molecule has 0 spiro atoms. The molecule has 3 fully saturated rings. The van der Waals surface area contributed by atoms with Crippen molar-refractivity contribution in [3.8, 4) is 0 Å². The number of hydrogen-bond acceptors (Lipinski definition) is 4. The molecule has 2 unspecified atom stereocenters. The largest absolute Gasteiger partial charge is 0.396 e. The molecule has 5 nitrogen and oxygen atoms in total. The average Bonchev–Trinajstić information content (AvgIpc) is 3.04. The Labute approximate surface area is 100 Å². The summed E-state index contributed by atoms with van der Waals surface area (Å²) in [6, 6.07) is 0. The Kier molecular flexibility index (Phi) is 2.67. The van der Waals surface area contributed by atoms with Crippen molar-refractivity contribution in [2.75, 3.05) is 26.2 Å². The fraction of sp³-hybridized carbons (Fsp3) is 0.833. The predicted octanol–water partition coefficient (Wildman–Crippen LogP) is -0.791. The third-order valence-electron chi connectivity index (χ3n) is 4.38. The van der Waals surface area contributed by atoms with Gasteiger partial charge in [0.2, 0.25) is 11.8 Å². The van der Waals surface area contributed by atoms with Crippen molar-refractivity contribution in [1.82, 2.24) is 10.2 Å². The smallest absolute Gasteiger partial charge is 0.233 e. The molecule has 2 amide bonds. The first-order valence-corrected chi connectivity index (χ1v) is 6.41. The molecule has 2 N–H and O–H groups in total. The van der Waals surface area contributed by atoms with Crippen LogP contribution in [0.3, 0.4) is 0 Å². The summed E-state index contributed by atoms with van der Waals surface area (Å²) in [5.74, 6) is -0.118. The van der Waals surface area contributed by atoms with Gasteiger partial charge in [0.1, 0.15) is 0 Å². The number of piperidine rings is 2. The molecule has 0 bridgehead atoms. The first kappa shape index (κ1) is 11.2. The van der Waals surface area contributed by atoms with E-state index in [0.717, 1.165) is 25.9 Å². The van der Waals surface area contributed by atoms with Crippen LogP contribution in [0.4, 0.5) is 0 Å². The molecule has 1 saturated carbocycles. The summed E-state index contributed by atoms with van der Waals surface area (Å²) in [4.78, 5) is 25.4. The van der Waals surface area contributed by atoms with E-state index >= 15 is 0 Å². The Morgan fingerprint density at radius 2 is 1.76 bits per heavy atom. The van der Waals surface area contributed by atoms with Crippen molar-refractivity contribution in [2.45, 2.75) is 12.8 Å². The minimum atomic E-state index is -0.200. The van der Waals surface area contributed by atoms with Gasteiger partial charge < -0.3 is 10.4 Å². The molecule has 0 aromatic rings. The Hall–Kier alpha value is -0.940. The zero-order chi connectivity index (χ0) is 12.0. The molecule has 17 heavy (non-hydrogen) atoms. The minimum Gasteiger partial charge on any atom is -0.396 e. The highest BCUT2D eigenvalue weighted by Gasteiger charge is 2.66. The number of amides is 2. The number of nitrogens with one attached hydrogen (secondary N) is 1. The van der Waals surface area contributed by atoms with Crippen molar-refractivity contribution < 1.29 is 14.7 Å². The minimum absolute atomic E-state index is 0.0337. The van der Waals surface area contributed by atoms with Crippen molar-refractivity contribution >= 4 is 11.8 Å². The molecule has 1 aliphatic carbocycles. The zero-order valence-electron chi connectivity index (χ0n) is 9.76. The van der Waals surface area contributed by atoms with Crippen LogP contribution in [-0.2, 0) is 9.59 Å². The topological polar surface area (TPSA) is 69.6 Å². The Morgan fingerprint density at radius 1 is 1.18 bits per heavy atom. The number of carbonyl (C=O) groups is 2. The molecule has 0 aromatic heterocycles. The third kappa shape index (κ3) is 1.68. The van der Waals surface area contributed by atoms with Crippen LogP contribution in [0.5, 0.6) is 0 Å². The van der Waals surface area contributed by atoms with Gasteiger partial charge >= 0.3 is 0 Å². The number of imide groups is 1. The lowest BCUT2D eigenvalue weighted by molar-refractivity contribution is -0.143. The number of nitrogens with zero attached hydrogens (tertiary/aromatic N) is 1. The molecule has 3 rings (SSSR count). The lowest BCUT2D eigenvalue weighted by Gasteiger charge is -2.27. The normalized spacial score (nSPS) is 37.5. The molecule has 94 valence electrons. The molecule has 0 aromatic carbocycles. The predicted molar refractivity (Wildman–Crippen MR) is 59.9 cm³/mol. The highest BCUT2D eigenvalue weighted by molar-refractivity contribution is 6.09. The molecule has 3 aliphatic rings. The lowest BCUT2D eigenvalue weighted by Crippen LogP contribution is -2.41. The van der Waals surface area contributed by atoms with Crippen LogP contribution in [0.25, 0.3) is 0 Å². The zero-order valence-corrected chi connectivity index (χ0v) is 9.76. The van der Waals surface area contributed by atoms with Crippen molar-refractivity contribution in [3.05, 3.63) is 0 Å². The van der Waals surface area contributed by atoms with Crippen LogP contribution in [0.15, 0.2) is 0 Å². The van der Waals surface area contributed by atoms with E-state index in [1.807, 2.05) is 0 Å². The van der Waals surface area contributed by atoms with Crippen LogP contribution in [0, 0.1) is 23.7 Å². The van der Waals surface area contributed by atoms with Gasteiger partial charge in [-0.25, -0.2) is 0 Å². The summed E-state index contributed by atoms with van der Waals surface area (Å²) in [7, 11) is 0. The summed E-state index contributed by atoms with van der Waals surface area (Å²) in [5.41, 5.74) is 0. The van der Waals surface area contributed by atoms with Crippen molar-refractivity contribution in [3.63, 3.8) is 0 Å². The number of aliphatic hydroxyl groups is 1. The number of rotatable bonds is 3. The highest BCUT2D eigenvalue weighted by Crippen LogP contribution is 2.53. The van der Waals surface area contributed by atoms with Crippen LogP contribution in [0.2, 0.25) is 0 Å². The van der Waals surface area contributed by atoms with Gasteiger partial charge in [0.05, 0.1) is 11.8 Å². The first-order chi connectivity index (χ1) is 8.24. The van der Waals surface area contributed by atoms with Crippen molar-refractivity contribution in [2.24, 2.45) is 23.7 Å². The van der Waals surface area contributed by atoms with Gasteiger partial charge in [0.25, 0.3) is 0 Å². The molecule has 2 atom stereocenters. The van der Waals surface area contributed by atoms with Gasteiger partial charge in [-0.1, -0.05) is 0 Å². The van der Waals surface area contributed by atoms with Gasteiger partial charge in [0, 0.05) is 19.1 Å². The maximum atomic E-state index is 12.0. The Morgan fingerprint density at radius 3 is 2.29 bits per heavy atom. The van der Waals surface area contributed by atoms with E-state index in [4.69, 9.17) is 5.11 Å². The maximum absolute atomic E-state index is 12.0. The van der Waals surface area contributed by atoms with Gasteiger partial charge in [0.15, 0.2) is 0 Å². The van der Waals surface area contributed by atoms with E-state index in [1.165, 1.54) is 4.90 Å².